The molecule has 0 atom stereocenters. The van der Waals surface area contributed by atoms with Crippen LogP contribution in [0.2, 0.25) is 10.0 Å². The highest BCUT2D eigenvalue weighted by Crippen LogP contribution is 2.33. The molecule has 0 aliphatic rings. The smallest absolute Gasteiger partial charge is 0.146 e. The number of pyridine rings is 2. The lowest BCUT2D eigenvalue weighted by Crippen LogP contribution is -2.00. The molecule has 8 heteroatoms. The van der Waals surface area contributed by atoms with Crippen molar-refractivity contribution in [2.24, 2.45) is 10.7 Å². The van der Waals surface area contributed by atoms with E-state index in [4.69, 9.17) is 38.4 Å². The van der Waals surface area contributed by atoms with Gasteiger partial charge in [0.2, 0.25) is 0 Å². The number of hydrogen-bond acceptors (Lipinski definition) is 6. The summed E-state index contributed by atoms with van der Waals surface area (Å²) in [5, 5.41) is 1.71. The zero-order chi connectivity index (χ0) is 22.4. The minimum absolute atomic E-state index is 0.182. The quantitative estimate of drug-likeness (QED) is 0.258. The second-order valence-corrected chi connectivity index (χ2v) is 7.36. The van der Waals surface area contributed by atoms with E-state index in [9.17, 15) is 0 Å². The van der Waals surface area contributed by atoms with Crippen LogP contribution in [0.4, 0.5) is 5.69 Å². The molecule has 1 aromatic carbocycles. The molecule has 0 saturated heterocycles. The first-order valence-electron chi connectivity index (χ1n) is 9.53. The van der Waals surface area contributed by atoms with Gasteiger partial charge < -0.3 is 15.2 Å². The zero-order valence-electron chi connectivity index (χ0n) is 17.2. The molecule has 0 saturated carbocycles. The number of para-hydroxylation sites is 1. The van der Waals surface area contributed by atoms with Gasteiger partial charge in [0.05, 0.1) is 22.3 Å². The van der Waals surface area contributed by atoms with E-state index in [1.807, 2.05) is 38.1 Å². The van der Waals surface area contributed by atoms with E-state index in [1.165, 1.54) is 18.6 Å². The molecule has 0 aliphatic carbocycles. The van der Waals surface area contributed by atoms with Gasteiger partial charge in [0.25, 0.3) is 0 Å². The molecule has 3 aromatic rings. The van der Waals surface area contributed by atoms with Crippen molar-refractivity contribution < 1.29 is 9.47 Å². The lowest BCUT2D eigenvalue weighted by atomic mass is 10.1. The second-order valence-electron chi connectivity index (χ2n) is 6.54. The van der Waals surface area contributed by atoms with Crippen molar-refractivity contribution in [3.05, 3.63) is 82.1 Å². The third-order valence-corrected chi connectivity index (χ3v) is 5.05. The van der Waals surface area contributed by atoms with Gasteiger partial charge >= 0.3 is 0 Å². The maximum absolute atomic E-state index is 6.20. The van der Waals surface area contributed by atoms with E-state index in [2.05, 4.69) is 21.5 Å². The normalized spacial score (nSPS) is 11.8. The van der Waals surface area contributed by atoms with E-state index in [0.717, 1.165) is 16.8 Å². The summed E-state index contributed by atoms with van der Waals surface area (Å²) in [4.78, 5) is 13.2. The molecule has 0 spiro atoms. The van der Waals surface area contributed by atoms with Gasteiger partial charge in [0, 0.05) is 47.0 Å². The summed E-state index contributed by atoms with van der Waals surface area (Å²) in [6, 6.07) is 7.53. The number of rotatable bonds is 8. The fourth-order valence-electron chi connectivity index (χ4n) is 2.88. The summed E-state index contributed by atoms with van der Waals surface area (Å²) in [5.74, 6) is 1.05. The molecule has 2 heterocycles. The van der Waals surface area contributed by atoms with E-state index >= 15 is 0 Å². The Morgan fingerprint density at radius 3 is 2.68 bits per heavy atom. The zero-order valence-corrected chi connectivity index (χ0v) is 18.7. The highest BCUT2D eigenvalue weighted by atomic mass is 35.5. The molecular weight excluding hydrogens is 435 g/mol. The van der Waals surface area contributed by atoms with Crippen LogP contribution in [0, 0.1) is 6.92 Å². The lowest BCUT2D eigenvalue weighted by Gasteiger charge is -2.12. The van der Waals surface area contributed by atoms with Gasteiger partial charge in [-0.25, -0.2) is 4.98 Å². The van der Waals surface area contributed by atoms with E-state index in [0.29, 0.717) is 44.8 Å². The topological polar surface area (TPSA) is 82.6 Å². The first kappa shape index (κ1) is 22.6. The minimum Gasteiger partial charge on any atom is -0.494 e. The standard InChI is InChI=1S/C23H22Cl2N4O2/c1-4-30-15(3)16(9-26)10-28-21-8-14(2)29-23-17(21)6-5-7-22(23)31-13-18-19(24)11-27-12-20(18)25/h5-12H,3-4,13,26H2,1-2H3/b16-9+,28-10?. The molecule has 2 N–H and O–H groups in total. The molecule has 31 heavy (non-hydrogen) atoms. The van der Waals surface area contributed by atoms with Crippen molar-refractivity contribution in [2.45, 2.75) is 20.5 Å². The second kappa shape index (κ2) is 10.3. The molecule has 0 radical (unpaired) electrons. The van der Waals surface area contributed by atoms with E-state index < -0.39 is 0 Å². The number of allylic oxidation sites excluding steroid dienone is 1. The van der Waals surface area contributed by atoms with Crippen molar-refractivity contribution >= 4 is 46.0 Å². The summed E-state index contributed by atoms with van der Waals surface area (Å²) < 4.78 is 11.4. The van der Waals surface area contributed by atoms with Crippen LogP contribution in [-0.4, -0.2) is 22.8 Å². The van der Waals surface area contributed by atoms with Crippen LogP contribution in [0.3, 0.4) is 0 Å². The summed E-state index contributed by atoms with van der Waals surface area (Å²) in [7, 11) is 0. The van der Waals surface area contributed by atoms with E-state index in [1.54, 1.807) is 6.21 Å². The monoisotopic (exact) mass is 456 g/mol. The van der Waals surface area contributed by atoms with Gasteiger partial charge in [0.1, 0.15) is 23.6 Å². The Bertz CT molecular complexity index is 1160. The van der Waals surface area contributed by atoms with E-state index in [-0.39, 0.29) is 6.61 Å². The SMILES string of the molecule is C=C(OCC)/C(C=Nc1cc(C)nc2c(OCc3c(Cl)cncc3Cl)cccc12)=C/N. The Kier molecular flexibility index (Phi) is 7.50. The number of nitrogens with two attached hydrogens (primary N) is 1. The Morgan fingerprint density at radius 1 is 1.26 bits per heavy atom. The largest absolute Gasteiger partial charge is 0.494 e. The predicted molar refractivity (Wildman–Crippen MR) is 126 cm³/mol. The molecule has 0 bridgehead atoms. The predicted octanol–water partition coefficient (Wildman–Crippen LogP) is 5.92. The lowest BCUT2D eigenvalue weighted by molar-refractivity contribution is 0.242. The third kappa shape index (κ3) is 5.34. The van der Waals surface area contributed by atoms with Crippen LogP contribution < -0.4 is 10.5 Å². The summed E-state index contributed by atoms with van der Waals surface area (Å²) >= 11 is 12.4. The summed E-state index contributed by atoms with van der Waals surface area (Å²) in [6.07, 6.45) is 6.09. The Labute approximate surface area is 191 Å². The Morgan fingerprint density at radius 2 is 2.00 bits per heavy atom. The van der Waals surface area contributed by atoms with Gasteiger partial charge in [-0.15, -0.1) is 0 Å². The molecule has 0 fully saturated rings. The first-order chi connectivity index (χ1) is 14.9. The maximum atomic E-state index is 6.20. The Hall–Kier alpha value is -3.09. The average molecular weight is 457 g/mol. The van der Waals surface area contributed by atoms with Gasteiger partial charge in [0.15, 0.2) is 0 Å². The molecule has 0 amide bonds. The summed E-state index contributed by atoms with van der Waals surface area (Å²) in [5.41, 5.74) is 9.15. The number of aliphatic imine (C=N–C) groups is 1. The number of hydrogen-bond donors (Lipinski definition) is 1. The fourth-order valence-corrected chi connectivity index (χ4v) is 3.36. The van der Waals surface area contributed by atoms with Gasteiger partial charge in [-0.05, 0) is 26.0 Å². The molecular formula is C23H22Cl2N4O2. The van der Waals surface area contributed by atoms with Gasteiger partial charge in [-0.3, -0.25) is 9.98 Å². The molecule has 2 aromatic heterocycles. The Balaban J connectivity index is 1.96. The van der Waals surface area contributed by atoms with Crippen molar-refractivity contribution in [1.82, 2.24) is 9.97 Å². The number of fused-ring (bicyclic) bond motifs is 1. The third-order valence-electron chi connectivity index (χ3n) is 4.40. The van der Waals surface area contributed by atoms with Crippen molar-refractivity contribution in [3.8, 4) is 5.75 Å². The van der Waals surface area contributed by atoms with Crippen LogP contribution in [0.1, 0.15) is 18.2 Å². The summed E-state index contributed by atoms with van der Waals surface area (Å²) in [6.45, 7) is 8.32. The number of ether oxygens (including phenoxy) is 2. The first-order valence-corrected chi connectivity index (χ1v) is 10.3. The minimum atomic E-state index is 0.182. The molecule has 0 unspecified atom stereocenters. The highest BCUT2D eigenvalue weighted by Gasteiger charge is 2.12. The fraction of sp³-hybridized carbons (Fsp3) is 0.174. The molecule has 3 rings (SSSR count). The number of aromatic nitrogens is 2. The highest BCUT2D eigenvalue weighted by molar-refractivity contribution is 6.35. The van der Waals surface area contributed by atoms with Crippen LogP contribution in [0.25, 0.3) is 10.9 Å². The van der Waals surface area contributed by atoms with Crippen LogP contribution in [0.15, 0.2) is 65.8 Å². The number of halogens is 2. The molecule has 0 aliphatic heterocycles. The molecule has 6 nitrogen and oxygen atoms in total. The van der Waals surface area contributed by atoms with Gasteiger partial charge in [-0.1, -0.05) is 41.9 Å². The van der Waals surface area contributed by atoms with Crippen molar-refractivity contribution in [3.63, 3.8) is 0 Å². The maximum Gasteiger partial charge on any atom is 0.146 e. The van der Waals surface area contributed by atoms with Crippen LogP contribution >= 0.6 is 23.2 Å². The van der Waals surface area contributed by atoms with Gasteiger partial charge in [-0.2, -0.15) is 0 Å². The van der Waals surface area contributed by atoms with Crippen LogP contribution in [-0.2, 0) is 11.3 Å². The van der Waals surface area contributed by atoms with Crippen LogP contribution in [0.5, 0.6) is 5.75 Å². The number of nitrogens with zero attached hydrogens (tertiary/aromatic N) is 3. The number of aryl methyl sites for hydroxylation is 1. The molecule has 160 valence electrons. The number of benzene rings is 1. The van der Waals surface area contributed by atoms with Crippen molar-refractivity contribution in [2.75, 3.05) is 6.61 Å². The average Bonchev–Trinajstić information content (AvgIpc) is 2.74. The van der Waals surface area contributed by atoms with Crippen molar-refractivity contribution in [1.29, 1.82) is 0 Å².